The molecule has 1 aromatic carbocycles. The average molecular weight is 327 g/mol. The molecule has 2 amide bonds. The van der Waals surface area contributed by atoms with Crippen LogP contribution in [0.5, 0.6) is 0 Å². The number of carbonyl (C=O) groups excluding carboxylic acids is 3. The molecule has 0 bridgehead atoms. The fourth-order valence-corrected chi connectivity index (χ4v) is 1.94. The number of rotatable bonds is 6. The molecule has 0 aliphatic rings. The van der Waals surface area contributed by atoms with E-state index >= 15 is 0 Å². The van der Waals surface area contributed by atoms with Gasteiger partial charge in [0.2, 0.25) is 5.91 Å². The Hall–Kier alpha value is -2.08. The first-order chi connectivity index (χ1) is 10.3. The van der Waals surface area contributed by atoms with E-state index in [1.165, 1.54) is 13.2 Å². The quantitative estimate of drug-likeness (QED) is 0.776. The number of benzene rings is 1. The second-order valence-electron chi connectivity index (χ2n) is 4.92. The number of halogens is 1. The van der Waals surface area contributed by atoms with Gasteiger partial charge in [0, 0.05) is 10.6 Å². The molecule has 6 nitrogen and oxygen atoms in total. The van der Waals surface area contributed by atoms with Gasteiger partial charge in [-0.05, 0) is 31.5 Å². The lowest BCUT2D eigenvalue weighted by Crippen LogP contribution is -2.54. The molecule has 1 aromatic rings. The molecular weight excluding hydrogens is 308 g/mol. The highest BCUT2D eigenvalue weighted by Crippen LogP contribution is 2.11. The van der Waals surface area contributed by atoms with Crippen LogP contribution >= 0.6 is 11.6 Å². The molecule has 1 unspecified atom stereocenters. The fourth-order valence-electron chi connectivity index (χ4n) is 1.75. The number of carbonyl (C=O) groups is 3. The van der Waals surface area contributed by atoms with Crippen molar-refractivity contribution in [2.45, 2.75) is 25.8 Å². The Balaban J connectivity index is 2.59. The summed E-state index contributed by atoms with van der Waals surface area (Å²) >= 11 is 5.80. The lowest BCUT2D eigenvalue weighted by molar-refractivity contribution is -0.150. The van der Waals surface area contributed by atoms with Crippen molar-refractivity contribution < 1.29 is 19.1 Å². The van der Waals surface area contributed by atoms with Crippen LogP contribution in [-0.4, -0.2) is 37.0 Å². The maximum Gasteiger partial charge on any atom is 0.331 e. The number of hydrogen-bond acceptors (Lipinski definition) is 4. The number of hydrogen-bond donors (Lipinski definition) is 2. The van der Waals surface area contributed by atoms with E-state index in [0.29, 0.717) is 17.0 Å². The van der Waals surface area contributed by atoms with Gasteiger partial charge in [-0.25, -0.2) is 4.79 Å². The Morgan fingerprint density at radius 1 is 1.32 bits per heavy atom. The summed E-state index contributed by atoms with van der Waals surface area (Å²) in [4.78, 5) is 35.4. The SMILES string of the molecule is CCC(C)(NC(=O)CNC(=O)c1cccc(Cl)c1)C(=O)OC. The number of ether oxygens (including phenoxy) is 1. The normalized spacial score (nSPS) is 12.9. The Morgan fingerprint density at radius 3 is 2.55 bits per heavy atom. The summed E-state index contributed by atoms with van der Waals surface area (Å²) in [6.07, 6.45) is 0.369. The molecule has 0 saturated carbocycles. The molecule has 0 spiro atoms. The van der Waals surface area contributed by atoms with Gasteiger partial charge < -0.3 is 15.4 Å². The monoisotopic (exact) mass is 326 g/mol. The van der Waals surface area contributed by atoms with Crippen molar-refractivity contribution in [3.8, 4) is 0 Å². The van der Waals surface area contributed by atoms with E-state index in [0.717, 1.165) is 0 Å². The topological polar surface area (TPSA) is 84.5 Å². The van der Waals surface area contributed by atoms with Crippen LogP contribution < -0.4 is 10.6 Å². The van der Waals surface area contributed by atoms with E-state index in [4.69, 9.17) is 11.6 Å². The van der Waals surface area contributed by atoms with E-state index < -0.39 is 23.3 Å². The van der Waals surface area contributed by atoms with E-state index in [2.05, 4.69) is 15.4 Å². The van der Waals surface area contributed by atoms with Gasteiger partial charge in [0.05, 0.1) is 13.7 Å². The molecule has 0 aliphatic heterocycles. The first kappa shape index (κ1) is 18.0. The second-order valence-corrected chi connectivity index (χ2v) is 5.35. The van der Waals surface area contributed by atoms with Gasteiger partial charge >= 0.3 is 5.97 Å². The molecule has 0 radical (unpaired) electrons. The summed E-state index contributed by atoms with van der Waals surface area (Å²) in [6, 6.07) is 6.37. The zero-order valence-corrected chi connectivity index (χ0v) is 13.5. The third-order valence-electron chi connectivity index (χ3n) is 3.25. The minimum atomic E-state index is -1.12. The van der Waals surface area contributed by atoms with Crippen molar-refractivity contribution in [2.75, 3.05) is 13.7 Å². The van der Waals surface area contributed by atoms with Gasteiger partial charge in [-0.2, -0.15) is 0 Å². The molecule has 0 heterocycles. The summed E-state index contributed by atoms with van der Waals surface area (Å²) in [5.74, 6) is -1.44. The Labute approximate surface area is 134 Å². The fraction of sp³-hybridized carbons (Fsp3) is 0.400. The zero-order chi connectivity index (χ0) is 16.8. The number of amides is 2. The zero-order valence-electron chi connectivity index (χ0n) is 12.7. The molecule has 0 aliphatic carbocycles. The van der Waals surface area contributed by atoms with Crippen LogP contribution in [0.15, 0.2) is 24.3 Å². The van der Waals surface area contributed by atoms with Crippen LogP contribution in [0.3, 0.4) is 0 Å². The molecule has 7 heteroatoms. The highest BCUT2D eigenvalue weighted by molar-refractivity contribution is 6.30. The second kappa shape index (κ2) is 7.79. The van der Waals surface area contributed by atoms with Crippen molar-refractivity contribution >= 4 is 29.4 Å². The number of nitrogens with one attached hydrogen (secondary N) is 2. The van der Waals surface area contributed by atoms with Gasteiger partial charge in [-0.15, -0.1) is 0 Å². The summed E-state index contributed by atoms with van der Waals surface area (Å²) in [5, 5.41) is 5.46. The largest absolute Gasteiger partial charge is 0.467 e. The predicted octanol–water partition coefficient (Wildman–Crippen LogP) is 1.53. The third-order valence-corrected chi connectivity index (χ3v) is 3.49. The van der Waals surface area contributed by atoms with Crippen LogP contribution in [0.4, 0.5) is 0 Å². The number of methoxy groups -OCH3 is 1. The maximum atomic E-state index is 11.9. The van der Waals surface area contributed by atoms with Crippen molar-refractivity contribution in [2.24, 2.45) is 0 Å². The minimum Gasteiger partial charge on any atom is -0.467 e. The molecule has 0 fully saturated rings. The lowest BCUT2D eigenvalue weighted by Gasteiger charge is -2.26. The molecule has 1 atom stereocenters. The van der Waals surface area contributed by atoms with Crippen LogP contribution in [0.1, 0.15) is 30.6 Å². The van der Waals surface area contributed by atoms with Gasteiger partial charge in [0.15, 0.2) is 0 Å². The summed E-state index contributed by atoms with van der Waals surface area (Å²) in [5.41, 5.74) is -0.765. The van der Waals surface area contributed by atoms with Gasteiger partial charge in [0.25, 0.3) is 5.91 Å². The van der Waals surface area contributed by atoms with E-state index in [9.17, 15) is 14.4 Å². The van der Waals surface area contributed by atoms with Crippen LogP contribution in [0.25, 0.3) is 0 Å². The van der Waals surface area contributed by atoms with Crippen molar-refractivity contribution in [1.82, 2.24) is 10.6 Å². The summed E-state index contributed by atoms with van der Waals surface area (Å²) < 4.78 is 4.66. The van der Waals surface area contributed by atoms with Crippen LogP contribution in [0, 0.1) is 0 Å². The van der Waals surface area contributed by atoms with Crippen molar-refractivity contribution in [1.29, 1.82) is 0 Å². The van der Waals surface area contributed by atoms with Crippen molar-refractivity contribution in [3.05, 3.63) is 34.9 Å². The Bertz CT molecular complexity index is 576. The molecule has 2 N–H and O–H groups in total. The van der Waals surface area contributed by atoms with E-state index in [1.807, 2.05) is 0 Å². The molecule has 0 saturated heterocycles. The van der Waals surface area contributed by atoms with Crippen molar-refractivity contribution in [3.63, 3.8) is 0 Å². The number of esters is 1. The average Bonchev–Trinajstić information content (AvgIpc) is 2.51. The summed E-state index contributed by atoms with van der Waals surface area (Å²) in [6.45, 7) is 3.06. The third kappa shape index (κ3) is 4.73. The minimum absolute atomic E-state index is 0.252. The molecular formula is C15H19ClN2O4. The molecule has 22 heavy (non-hydrogen) atoms. The van der Waals surface area contributed by atoms with E-state index in [1.54, 1.807) is 32.0 Å². The maximum absolute atomic E-state index is 11.9. The van der Waals surface area contributed by atoms with Gasteiger partial charge in [-0.3, -0.25) is 9.59 Å². The Kier molecular flexibility index (Phi) is 6.37. The molecule has 1 rings (SSSR count). The smallest absolute Gasteiger partial charge is 0.331 e. The lowest BCUT2D eigenvalue weighted by atomic mass is 9.99. The predicted molar refractivity (Wildman–Crippen MR) is 82.6 cm³/mol. The molecule has 0 aromatic heterocycles. The van der Waals surface area contributed by atoms with Gasteiger partial charge in [0.1, 0.15) is 5.54 Å². The standard InChI is InChI=1S/C15H19ClN2O4/c1-4-15(2,14(21)22-3)18-12(19)9-17-13(20)10-6-5-7-11(16)8-10/h5-8H,4,9H2,1-3H3,(H,17,20)(H,18,19). The van der Waals surface area contributed by atoms with Crippen LogP contribution in [0.2, 0.25) is 5.02 Å². The molecule has 120 valence electrons. The highest BCUT2D eigenvalue weighted by Gasteiger charge is 2.33. The highest BCUT2D eigenvalue weighted by atomic mass is 35.5. The first-order valence-corrected chi connectivity index (χ1v) is 7.13. The Morgan fingerprint density at radius 2 is 2.00 bits per heavy atom. The summed E-state index contributed by atoms with van der Waals surface area (Å²) in [7, 11) is 1.25. The van der Waals surface area contributed by atoms with E-state index in [-0.39, 0.29) is 6.54 Å². The van der Waals surface area contributed by atoms with Crippen LogP contribution in [-0.2, 0) is 14.3 Å². The van der Waals surface area contributed by atoms with Gasteiger partial charge in [-0.1, -0.05) is 24.6 Å². The first-order valence-electron chi connectivity index (χ1n) is 6.75.